The largest absolute Gasteiger partial charge is 0.459 e. The van der Waals surface area contributed by atoms with E-state index in [0.717, 1.165) is 36.7 Å². The Morgan fingerprint density at radius 2 is 1.87 bits per heavy atom. The van der Waals surface area contributed by atoms with Gasteiger partial charge in [-0.15, -0.1) is 0 Å². The Morgan fingerprint density at radius 3 is 2.53 bits per heavy atom. The molecule has 7 heteroatoms. The van der Waals surface area contributed by atoms with Gasteiger partial charge in [0, 0.05) is 32.7 Å². The maximum atomic E-state index is 12.5. The molecule has 3 rings (SSSR count). The molecule has 0 radical (unpaired) electrons. The van der Waals surface area contributed by atoms with Crippen LogP contribution in [-0.4, -0.2) is 60.5 Å². The van der Waals surface area contributed by atoms with Gasteiger partial charge in [0.2, 0.25) is 0 Å². The van der Waals surface area contributed by atoms with E-state index in [1.807, 2.05) is 18.7 Å². The van der Waals surface area contributed by atoms with Crippen LogP contribution < -0.4 is 5.32 Å². The van der Waals surface area contributed by atoms with Crippen molar-refractivity contribution in [2.24, 2.45) is 4.99 Å². The first-order valence-electron chi connectivity index (χ1n) is 10.6. The Morgan fingerprint density at radius 1 is 1.13 bits per heavy atom. The second-order valence-electron chi connectivity index (χ2n) is 7.61. The zero-order valence-electron chi connectivity index (χ0n) is 18.1. The molecule has 1 aliphatic heterocycles. The van der Waals surface area contributed by atoms with Crippen molar-refractivity contribution in [3.8, 4) is 0 Å². The van der Waals surface area contributed by atoms with E-state index in [1.54, 1.807) is 12.1 Å². The van der Waals surface area contributed by atoms with Gasteiger partial charge in [-0.05, 0) is 44.0 Å². The number of piperazine rings is 1. The van der Waals surface area contributed by atoms with E-state index in [9.17, 15) is 4.79 Å². The van der Waals surface area contributed by atoms with Crippen LogP contribution in [0.25, 0.3) is 0 Å². The third kappa shape index (κ3) is 6.10. The van der Waals surface area contributed by atoms with Gasteiger partial charge in [-0.1, -0.05) is 24.3 Å². The van der Waals surface area contributed by atoms with E-state index < -0.39 is 0 Å². The van der Waals surface area contributed by atoms with E-state index in [2.05, 4.69) is 41.4 Å². The Kier molecular flexibility index (Phi) is 7.90. The minimum Gasteiger partial charge on any atom is -0.459 e. The number of nitrogens with one attached hydrogen (secondary N) is 1. The third-order valence-corrected chi connectivity index (χ3v) is 4.92. The summed E-state index contributed by atoms with van der Waals surface area (Å²) in [5.74, 6) is 1.22. The summed E-state index contributed by atoms with van der Waals surface area (Å²) in [5.41, 5.74) is 2.31. The van der Waals surface area contributed by atoms with E-state index >= 15 is 0 Å². The number of hydrogen-bond acceptors (Lipinski definition) is 4. The average Bonchev–Trinajstić information content (AvgIpc) is 3.30. The molecule has 30 heavy (non-hydrogen) atoms. The number of benzene rings is 1. The number of hydrogen-bond donors (Lipinski definition) is 1. The first kappa shape index (κ1) is 21.9. The van der Waals surface area contributed by atoms with Gasteiger partial charge in [0.15, 0.2) is 11.7 Å². The Balaban J connectivity index is 1.58. The lowest BCUT2D eigenvalue weighted by molar-refractivity contribution is 0.0653. The van der Waals surface area contributed by atoms with Gasteiger partial charge < -0.3 is 24.3 Å². The van der Waals surface area contributed by atoms with E-state index in [1.165, 1.54) is 6.26 Å². The summed E-state index contributed by atoms with van der Waals surface area (Å²) in [6, 6.07) is 11.8. The van der Waals surface area contributed by atoms with Crippen molar-refractivity contribution in [2.75, 3.05) is 32.7 Å². The smallest absolute Gasteiger partial charge is 0.289 e. The fraction of sp³-hybridized carbons (Fsp3) is 0.478. The summed E-state index contributed by atoms with van der Waals surface area (Å²) in [6.45, 7) is 10.9. The quantitative estimate of drug-likeness (QED) is 0.559. The van der Waals surface area contributed by atoms with Crippen LogP contribution in [0.2, 0.25) is 0 Å². The van der Waals surface area contributed by atoms with Crippen molar-refractivity contribution in [1.29, 1.82) is 0 Å². The highest BCUT2D eigenvalue weighted by molar-refractivity contribution is 5.91. The van der Waals surface area contributed by atoms with Crippen molar-refractivity contribution >= 4 is 11.9 Å². The summed E-state index contributed by atoms with van der Waals surface area (Å²) >= 11 is 0. The van der Waals surface area contributed by atoms with Gasteiger partial charge in [0.25, 0.3) is 5.91 Å². The van der Waals surface area contributed by atoms with E-state index in [4.69, 9.17) is 14.1 Å². The van der Waals surface area contributed by atoms with Crippen molar-refractivity contribution < 1.29 is 13.9 Å². The predicted octanol–water partition coefficient (Wildman–Crippen LogP) is 3.13. The van der Waals surface area contributed by atoms with Crippen molar-refractivity contribution in [3.63, 3.8) is 0 Å². The number of nitrogens with zero attached hydrogens (tertiary/aromatic N) is 3. The number of carbonyl (C=O) groups is 1. The molecule has 0 atom stereocenters. The van der Waals surface area contributed by atoms with E-state index in [0.29, 0.717) is 32.0 Å². The molecular formula is C23H32N4O3. The number of carbonyl (C=O) groups excluding carboxylic acids is 1. The molecular weight excluding hydrogens is 380 g/mol. The standard InChI is InChI=1S/C23H32N4O3/c1-4-24-23(25-16-19-7-5-8-20(15-19)17-30-18(2)3)27-12-10-26(11-13-27)22(28)21-9-6-14-29-21/h5-9,14-15,18H,4,10-13,16-17H2,1-3H3,(H,24,25). The molecule has 7 nitrogen and oxygen atoms in total. The molecule has 0 bridgehead atoms. The normalized spacial score (nSPS) is 15.0. The molecule has 0 unspecified atom stereocenters. The summed E-state index contributed by atoms with van der Waals surface area (Å²) in [7, 11) is 0. The maximum absolute atomic E-state index is 12.5. The van der Waals surface area contributed by atoms with Gasteiger partial charge >= 0.3 is 0 Å². The van der Waals surface area contributed by atoms with Gasteiger partial charge in [0.05, 0.1) is 25.5 Å². The molecule has 162 valence electrons. The molecule has 0 saturated carbocycles. The van der Waals surface area contributed by atoms with Crippen LogP contribution in [0.1, 0.15) is 42.5 Å². The summed E-state index contributed by atoms with van der Waals surface area (Å²) in [5, 5.41) is 3.38. The van der Waals surface area contributed by atoms with Crippen LogP contribution in [0.4, 0.5) is 0 Å². The van der Waals surface area contributed by atoms with Crippen molar-refractivity contribution in [1.82, 2.24) is 15.1 Å². The van der Waals surface area contributed by atoms with E-state index in [-0.39, 0.29) is 12.0 Å². The van der Waals surface area contributed by atoms with Crippen LogP contribution in [0, 0.1) is 0 Å². The van der Waals surface area contributed by atoms with Crippen LogP contribution >= 0.6 is 0 Å². The van der Waals surface area contributed by atoms with Crippen LogP contribution in [0.5, 0.6) is 0 Å². The fourth-order valence-electron chi connectivity index (χ4n) is 3.35. The molecule has 0 aliphatic carbocycles. The number of guanidine groups is 1. The first-order valence-corrected chi connectivity index (χ1v) is 10.6. The molecule has 2 aromatic rings. The summed E-state index contributed by atoms with van der Waals surface area (Å²) in [6.07, 6.45) is 1.74. The SMILES string of the molecule is CCNC(=NCc1cccc(COC(C)C)c1)N1CCN(C(=O)c2ccco2)CC1. The number of aliphatic imine (C=N–C) groups is 1. The second-order valence-corrected chi connectivity index (χ2v) is 7.61. The molecule has 1 N–H and O–H groups in total. The van der Waals surface area contributed by atoms with Gasteiger partial charge in [-0.25, -0.2) is 4.99 Å². The Labute approximate surface area is 178 Å². The zero-order valence-corrected chi connectivity index (χ0v) is 18.1. The number of amides is 1. The van der Waals surface area contributed by atoms with Crippen LogP contribution in [-0.2, 0) is 17.9 Å². The van der Waals surface area contributed by atoms with Gasteiger partial charge in [0.1, 0.15) is 0 Å². The maximum Gasteiger partial charge on any atom is 0.289 e. The van der Waals surface area contributed by atoms with Crippen molar-refractivity contribution in [3.05, 3.63) is 59.5 Å². The number of rotatable bonds is 7. The third-order valence-electron chi connectivity index (χ3n) is 4.92. The Bertz CT molecular complexity index is 825. The summed E-state index contributed by atoms with van der Waals surface area (Å²) < 4.78 is 10.9. The monoisotopic (exact) mass is 412 g/mol. The number of ether oxygens (including phenoxy) is 1. The first-order chi connectivity index (χ1) is 14.6. The molecule has 1 saturated heterocycles. The lowest BCUT2D eigenvalue weighted by atomic mass is 10.1. The highest BCUT2D eigenvalue weighted by Crippen LogP contribution is 2.12. The second kappa shape index (κ2) is 10.8. The van der Waals surface area contributed by atoms with Gasteiger partial charge in [-0.2, -0.15) is 0 Å². The highest BCUT2D eigenvalue weighted by atomic mass is 16.5. The lowest BCUT2D eigenvalue weighted by Crippen LogP contribution is -2.53. The fourth-order valence-corrected chi connectivity index (χ4v) is 3.35. The molecule has 1 aromatic carbocycles. The minimum atomic E-state index is -0.0537. The zero-order chi connectivity index (χ0) is 21.3. The molecule has 1 aromatic heterocycles. The van der Waals surface area contributed by atoms with Crippen molar-refractivity contribution in [2.45, 2.75) is 40.0 Å². The highest BCUT2D eigenvalue weighted by Gasteiger charge is 2.25. The predicted molar refractivity (Wildman–Crippen MR) is 117 cm³/mol. The number of furan rings is 1. The van der Waals surface area contributed by atoms with Gasteiger partial charge in [-0.3, -0.25) is 4.79 Å². The van der Waals surface area contributed by atoms with Crippen LogP contribution in [0.15, 0.2) is 52.1 Å². The molecule has 0 spiro atoms. The minimum absolute atomic E-state index is 0.0537. The average molecular weight is 413 g/mol. The molecule has 1 aliphatic rings. The molecule has 2 heterocycles. The Hall–Kier alpha value is -2.80. The summed E-state index contributed by atoms with van der Waals surface area (Å²) in [4.78, 5) is 21.3. The molecule has 1 amide bonds. The topological polar surface area (TPSA) is 70.3 Å². The lowest BCUT2D eigenvalue weighted by Gasteiger charge is -2.36. The van der Waals surface area contributed by atoms with Crippen LogP contribution in [0.3, 0.4) is 0 Å². The molecule has 1 fully saturated rings.